The molecule has 0 bridgehead atoms. The van der Waals surface area contributed by atoms with Gasteiger partial charge in [0.25, 0.3) is 5.69 Å². The van der Waals surface area contributed by atoms with Crippen LogP contribution in [0.3, 0.4) is 0 Å². The van der Waals surface area contributed by atoms with Gasteiger partial charge in [0.15, 0.2) is 0 Å². The van der Waals surface area contributed by atoms with E-state index in [9.17, 15) is 10.1 Å². The summed E-state index contributed by atoms with van der Waals surface area (Å²) in [6.07, 6.45) is 1.67. The molecule has 0 radical (unpaired) electrons. The molecule has 92 valence electrons. The summed E-state index contributed by atoms with van der Waals surface area (Å²) >= 11 is 1.28. The Morgan fingerprint density at radius 3 is 2.78 bits per heavy atom. The SMILES string of the molecule is CNc1cc([N+](=O)[O-])cc(Sc2ccccn2)n1. The summed E-state index contributed by atoms with van der Waals surface area (Å²) in [7, 11) is 1.67. The second-order valence-corrected chi connectivity index (χ2v) is 4.37. The van der Waals surface area contributed by atoms with Crippen molar-refractivity contribution in [2.75, 3.05) is 12.4 Å². The number of pyridine rings is 2. The molecule has 7 heteroatoms. The fraction of sp³-hybridized carbons (Fsp3) is 0.0909. The van der Waals surface area contributed by atoms with Gasteiger partial charge in [-0.25, -0.2) is 9.97 Å². The molecule has 2 heterocycles. The maximum atomic E-state index is 10.8. The molecule has 0 amide bonds. The van der Waals surface area contributed by atoms with E-state index in [1.54, 1.807) is 13.2 Å². The molecule has 0 spiro atoms. The number of hydrogen-bond acceptors (Lipinski definition) is 6. The second kappa shape index (κ2) is 5.46. The molecule has 0 aliphatic carbocycles. The van der Waals surface area contributed by atoms with Crippen LogP contribution < -0.4 is 5.32 Å². The fourth-order valence-electron chi connectivity index (χ4n) is 1.29. The van der Waals surface area contributed by atoms with Crippen LogP contribution in [0, 0.1) is 10.1 Å². The van der Waals surface area contributed by atoms with Gasteiger partial charge in [-0.15, -0.1) is 0 Å². The molecule has 0 aliphatic heterocycles. The molecular formula is C11H10N4O2S. The number of nitro groups is 1. The first-order valence-corrected chi connectivity index (χ1v) is 5.94. The Morgan fingerprint density at radius 1 is 1.33 bits per heavy atom. The number of aromatic nitrogens is 2. The minimum atomic E-state index is -0.439. The normalized spacial score (nSPS) is 10.1. The predicted octanol–water partition coefficient (Wildman–Crippen LogP) is 2.58. The molecule has 0 saturated carbocycles. The van der Waals surface area contributed by atoms with E-state index in [2.05, 4.69) is 15.3 Å². The van der Waals surface area contributed by atoms with Crippen molar-refractivity contribution in [3.05, 3.63) is 46.6 Å². The van der Waals surface area contributed by atoms with Crippen molar-refractivity contribution in [3.8, 4) is 0 Å². The summed E-state index contributed by atoms with van der Waals surface area (Å²) in [6, 6.07) is 8.31. The van der Waals surface area contributed by atoms with Crippen molar-refractivity contribution in [1.82, 2.24) is 9.97 Å². The minimum Gasteiger partial charge on any atom is -0.373 e. The van der Waals surface area contributed by atoms with Crippen LogP contribution in [0.2, 0.25) is 0 Å². The van der Waals surface area contributed by atoms with E-state index in [0.717, 1.165) is 5.03 Å². The third-order valence-electron chi connectivity index (χ3n) is 2.10. The Kier molecular flexibility index (Phi) is 3.73. The fourth-order valence-corrected chi connectivity index (χ4v) is 2.09. The zero-order valence-electron chi connectivity index (χ0n) is 9.53. The van der Waals surface area contributed by atoms with Crippen molar-refractivity contribution in [1.29, 1.82) is 0 Å². The largest absolute Gasteiger partial charge is 0.373 e. The summed E-state index contributed by atoms with van der Waals surface area (Å²) in [5.74, 6) is 0.461. The molecule has 2 rings (SSSR count). The Morgan fingerprint density at radius 2 is 2.17 bits per heavy atom. The third-order valence-corrected chi connectivity index (χ3v) is 2.97. The van der Waals surface area contributed by atoms with Crippen molar-refractivity contribution >= 4 is 23.3 Å². The highest BCUT2D eigenvalue weighted by Gasteiger charge is 2.11. The van der Waals surface area contributed by atoms with Gasteiger partial charge in [-0.05, 0) is 23.9 Å². The maximum absolute atomic E-state index is 10.8. The van der Waals surface area contributed by atoms with E-state index in [-0.39, 0.29) is 5.69 Å². The van der Waals surface area contributed by atoms with Crippen LogP contribution >= 0.6 is 11.8 Å². The molecule has 18 heavy (non-hydrogen) atoms. The molecular weight excluding hydrogens is 252 g/mol. The Hall–Kier alpha value is -2.15. The highest BCUT2D eigenvalue weighted by atomic mass is 32.2. The van der Waals surface area contributed by atoms with E-state index < -0.39 is 4.92 Å². The van der Waals surface area contributed by atoms with Crippen LogP contribution in [0.1, 0.15) is 0 Å². The minimum absolute atomic E-state index is 0.00720. The van der Waals surface area contributed by atoms with Crippen molar-refractivity contribution < 1.29 is 4.92 Å². The molecule has 0 aliphatic rings. The summed E-state index contributed by atoms with van der Waals surface area (Å²) < 4.78 is 0. The lowest BCUT2D eigenvalue weighted by Crippen LogP contribution is -1.97. The second-order valence-electron chi connectivity index (χ2n) is 3.33. The first-order chi connectivity index (χ1) is 8.69. The highest BCUT2D eigenvalue weighted by molar-refractivity contribution is 7.99. The lowest BCUT2D eigenvalue weighted by Gasteiger charge is -2.03. The maximum Gasteiger partial charge on any atom is 0.275 e. The van der Waals surface area contributed by atoms with Gasteiger partial charge in [0.05, 0.1) is 11.0 Å². The quantitative estimate of drug-likeness (QED) is 0.673. The first kappa shape index (κ1) is 12.3. The van der Waals surface area contributed by atoms with Gasteiger partial charge in [0, 0.05) is 19.3 Å². The van der Waals surface area contributed by atoms with Crippen LogP contribution in [-0.4, -0.2) is 21.9 Å². The van der Waals surface area contributed by atoms with Crippen molar-refractivity contribution in [2.45, 2.75) is 10.1 Å². The van der Waals surface area contributed by atoms with Crippen LogP contribution in [0.25, 0.3) is 0 Å². The lowest BCUT2D eigenvalue weighted by atomic mass is 10.4. The standard InChI is InChI=1S/C11H10N4O2S/c1-12-9-6-8(15(16)17)7-11(14-9)18-10-4-2-3-5-13-10/h2-7H,1H3,(H,12,14). The Bertz CT molecular complexity index is 562. The van der Waals surface area contributed by atoms with E-state index in [4.69, 9.17) is 0 Å². The molecule has 0 saturated heterocycles. The Balaban J connectivity index is 2.32. The number of anilines is 1. The molecule has 0 unspecified atom stereocenters. The molecule has 0 aromatic carbocycles. The van der Waals surface area contributed by atoms with Gasteiger partial charge in [-0.2, -0.15) is 0 Å². The number of rotatable bonds is 4. The Labute approximate surface area is 108 Å². The van der Waals surface area contributed by atoms with E-state index in [1.165, 1.54) is 23.9 Å². The summed E-state index contributed by atoms with van der Waals surface area (Å²) in [5, 5.41) is 14.9. The zero-order chi connectivity index (χ0) is 13.0. The smallest absolute Gasteiger partial charge is 0.275 e. The van der Waals surface area contributed by atoms with Crippen LogP contribution in [-0.2, 0) is 0 Å². The molecule has 2 aromatic heterocycles. The lowest BCUT2D eigenvalue weighted by molar-refractivity contribution is -0.385. The van der Waals surface area contributed by atoms with Crippen LogP contribution in [0.15, 0.2) is 46.6 Å². The number of nitrogens with one attached hydrogen (secondary N) is 1. The molecule has 0 atom stereocenters. The highest BCUT2D eigenvalue weighted by Crippen LogP contribution is 2.28. The van der Waals surface area contributed by atoms with Gasteiger partial charge in [-0.3, -0.25) is 10.1 Å². The van der Waals surface area contributed by atoms with Crippen LogP contribution in [0.5, 0.6) is 0 Å². The molecule has 0 fully saturated rings. The average molecular weight is 262 g/mol. The summed E-state index contributed by atoms with van der Waals surface area (Å²) in [5.41, 5.74) is 0.00720. The van der Waals surface area contributed by atoms with Gasteiger partial charge in [-0.1, -0.05) is 6.07 Å². The zero-order valence-corrected chi connectivity index (χ0v) is 10.3. The van der Waals surface area contributed by atoms with Crippen LogP contribution in [0.4, 0.5) is 11.5 Å². The molecule has 6 nitrogen and oxygen atoms in total. The van der Waals surface area contributed by atoms with Crippen molar-refractivity contribution in [2.24, 2.45) is 0 Å². The van der Waals surface area contributed by atoms with Crippen molar-refractivity contribution in [3.63, 3.8) is 0 Å². The topological polar surface area (TPSA) is 81.0 Å². The number of hydrogen-bond donors (Lipinski definition) is 1. The third kappa shape index (κ3) is 2.95. The molecule has 2 aromatic rings. The summed E-state index contributed by atoms with van der Waals surface area (Å²) in [6.45, 7) is 0. The average Bonchev–Trinajstić information content (AvgIpc) is 2.39. The number of nitrogens with zero attached hydrogens (tertiary/aromatic N) is 3. The summed E-state index contributed by atoms with van der Waals surface area (Å²) in [4.78, 5) is 18.7. The first-order valence-electron chi connectivity index (χ1n) is 5.12. The van der Waals surface area contributed by atoms with Gasteiger partial charge < -0.3 is 5.32 Å². The van der Waals surface area contributed by atoms with E-state index in [0.29, 0.717) is 10.8 Å². The van der Waals surface area contributed by atoms with E-state index >= 15 is 0 Å². The van der Waals surface area contributed by atoms with Gasteiger partial charge in [0.1, 0.15) is 15.9 Å². The van der Waals surface area contributed by atoms with E-state index in [1.807, 2.05) is 18.2 Å². The molecule has 1 N–H and O–H groups in total. The van der Waals surface area contributed by atoms with Gasteiger partial charge in [0.2, 0.25) is 0 Å². The monoisotopic (exact) mass is 262 g/mol. The van der Waals surface area contributed by atoms with Gasteiger partial charge >= 0.3 is 0 Å². The predicted molar refractivity (Wildman–Crippen MR) is 68.8 cm³/mol.